The Morgan fingerprint density at radius 2 is 1.91 bits per heavy atom. The monoisotopic (exact) mass is 438 g/mol. The Bertz CT molecular complexity index is 1170. The molecule has 0 radical (unpaired) electrons. The number of benzene rings is 2. The van der Waals surface area contributed by atoms with Crippen LogP contribution in [0.3, 0.4) is 0 Å². The van der Waals surface area contributed by atoms with Crippen molar-refractivity contribution in [3.63, 3.8) is 0 Å². The summed E-state index contributed by atoms with van der Waals surface area (Å²) < 4.78 is 33.1. The lowest BCUT2D eigenvalue weighted by atomic mass is 9.74. The minimum atomic E-state index is -1.11. The average Bonchev–Trinajstić information content (AvgIpc) is 2.80. The summed E-state index contributed by atoms with van der Waals surface area (Å²) in [6, 6.07) is 12.7. The summed E-state index contributed by atoms with van der Waals surface area (Å²) in [6.07, 6.45) is 2.67. The van der Waals surface area contributed by atoms with Gasteiger partial charge < -0.3 is 9.64 Å². The average molecular weight is 438 g/mol. The van der Waals surface area contributed by atoms with Crippen molar-refractivity contribution >= 4 is 22.6 Å². The lowest BCUT2D eigenvalue weighted by Crippen LogP contribution is -2.51. The van der Waals surface area contributed by atoms with Crippen molar-refractivity contribution in [1.29, 1.82) is 0 Å². The van der Waals surface area contributed by atoms with Crippen LogP contribution in [-0.4, -0.2) is 41.5 Å². The topological polar surface area (TPSA) is 59.5 Å². The summed E-state index contributed by atoms with van der Waals surface area (Å²) in [4.78, 5) is 32.2. The second-order valence-electron chi connectivity index (χ2n) is 8.16. The third-order valence-electron chi connectivity index (χ3n) is 5.97. The van der Waals surface area contributed by atoms with E-state index in [0.717, 1.165) is 16.8 Å². The van der Waals surface area contributed by atoms with Gasteiger partial charge in [-0.25, -0.2) is 8.78 Å². The fourth-order valence-electron chi connectivity index (χ4n) is 4.36. The number of halogens is 2. The van der Waals surface area contributed by atoms with E-state index < -0.39 is 23.0 Å². The summed E-state index contributed by atoms with van der Waals surface area (Å²) >= 11 is 0. The first-order chi connectivity index (χ1) is 15.4. The van der Waals surface area contributed by atoms with Crippen LogP contribution >= 0.6 is 0 Å². The quantitative estimate of drug-likeness (QED) is 0.549. The van der Waals surface area contributed by atoms with Crippen LogP contribution in [0.5, 0.6) is 0 Å². The number of amides is 1. The molecule has 1 saturated heterocycles. The minimum Gasteiger partial charge on any atom is -0.466 e. The number of pyridine rings is 1. The van der Waals surface area contributed by atoms with Crippen molar-refractivity contribution in [1.82, 2.24) is 9.88 Å². The van der Waals surface area contributed by atoms with Gasteiger partial charge in [0.2, 0.25) is 0 Å². The molecule has 1 aliphatic heterocycles. The lowest BCUT2D eigenvalue weighted by molar-refractivity contribution is -0.158. The SMILES string of the molecule is CCOC(=O)C1(Cc2ccc(F)cc2F)CCCN(C(=O)c2cc3ccccc3cn2)C1. The Hall–Kier alpha value is -3.35. The van der Waals surface area contributed by atoms with Gasteiger partial charge in [0, 0.05) is 30.7 Å². The van der Waals surface area contributed by atoms with Crippen molar-refractivity contribution in [2.24, 2.45) is 5.41 Å². The van der Waals surface area contributed by atoms with Crippen LogP contribution in [0.25, 0.3) is 10.8 Å². The summed E-state index contributed by atoms with van der Waals surface area (Å²) in [5.41, 5.74) is -0.603. The molecule has 3 aromatic rings. The molecule has 4 rings (SSSR count). The number of likely N-dealkylation sites (tertiary alicyclic amines) is 1. The summed E-state index contributed by atoms with van der Waals surface area (Å²) in [6.45, 7) is 2.41. The molecule has 166 valence electrons. The molecular formula is C25H24F2N2O3. The van der Waals surface area contributed by atoms with Gasteiger partial charge in [0.1, 0.15) is 17.3 Å². The van der Waals surface area contributed by atoms with E-state index in [4.69, 9.17) is 4.74 Å². The number of carbonyl (C=O) groups excluding carboxylic acids is 2. The van der Waals surface area contributed by atoms with Crippen molar-refractivity contribution in [2.75, 3.05) is 19.7 Å². The molecule has 1 aliphatic rings. The van der Waals surface area contributed by atoms with Crippen molar-refractivity contribution in [2.45, 2.75) is 26.2 Å². The zero-order chi connectivity index (χ0) is 22.7. The first kappa shape index (κ1) is 21.9. The molecule has 1 amide bonds. The van der Waals surface area contributed by atoms with Crippen LogP contribution in [-0.2, 0) is 16.0 Å². The zero-order valence-electron chi connectivity index (χ0n) is 17.8. The van der Waals surface area contributed by atoms with Gasteiger partial charge in [0.25, 0.3) is 5.91 Å². The van der Waals surface area contributed by atoms with E-state index in [2.05, 4.69) is 4.98 Å². The number of nitrogens with zero attached hydrogens (tertiary/aromatic N) is 2. The van der Waals surface area contributed by atoms with Crippen LogP contribution in [0.4, 0.5) is 8.78 Å². The van der Waals surface area contributed by atoms with Gasteiger partial charge in [-0.15, -0.1) is 0 Å². The second kappa shape index (κ2) is 9.02. The van der Waals surface area contributed by atoms with Crippen LogP contribution < -0.4 is 0 Å². The summed E-state index contributed by atoms with van der Waals surface area (Å²) in [7, 11) is 0. The Morgan fingerprint density at radius 1 is 1.12 bits per heavy atom. The predicted octanol–water partition coefficient (Wildman–Crippen LogP) is 4.54. The molecule has 0 spiro atoms. The number of hydrogen-bond acceptors (Lipinski definition) is 4. The molecule has 7 heteroatoms. The van der Waals surface area contributed by atoms with E-state index in [1.807, 2.05) is 24.3 Å². The van der Waals surface area contributed by atoms with Gasteiger partial charge in [0.05, 0.1) is 12.0 Å². The fourth-order valence-corrected chi connectivity index (χ4v) is 4.36. The van der Waals surface area contributed by atoms with E-state index in [0.29, 0.717) is 19.4 Å². The Balaban J connectivity index is 1.64. The number of aromatic nitrogens is 1. The smallest absolute Gasteiger partial charge is 0.314 e. The third-order valence-corrected chi connectivity index (χ3v) is 5.97. The predicted molar refractivity (Wildman–Crippen MR) is 116 cm³/mol. The molecule has 5 nitrogen and oxygen atoms in total. The van der Waals surface area contributed by atoms with E-state index >= 15 is 0 Å². The molecule has 2 aromatic carbocycles. The third kappa shape index (κ3) is 4.33. The molecule has 0 aliphatic carbocycles. The molecular weight excluding hydrogens is 414 g/mol. The van der Waals surface area contributed by atoms with E-state index in [-0.39, 0.29) is 36.7 Å². The number of hydrogen-bond donors (Lipinski definition) is 0. The Kier molecular flexibility index (Phi) is 6.17. The molecule has 2 heterocycles. The maximum atomic E-state index is 14.4. The highest BCUT2D eigenvalue weighted by Crippen LogP contribution is 2.36. The number of rotatable bonds is 5. The zero-order valence-corrected chi connectivity index (χ0v) is 17.8. The normalized spacial score (nSPS) is 18.5. The highest BCUT2D eigenvalue weighted by molar-refractivity contribution is 5.96. The Labute approximate surface area is 185 Å². The maximum absolute atomic E-state index is 14.4. The van der Waals surface area contributed by atoms with Gasteiger partial charge in [-0.3, -0.25) is 14.6 Å². The summed E-state index contributed by atoms with van der Waals surface area (Å²) in [5, 5.41) is 1.82. The van der Waals surface area contributed by atoms with Gasteiger partial charge in [0.15, 0.2) is 0 Å². The van der Waals surface area contributed by atoms with Crippen LogP contribution in [0.1, 0.15) is 35.8 Å². The molecule has 1 atom stereocenters. The van der Waals surface area contributed by atoms with Gasteiger partial charge in [-0.1, -0.05) is 30.3 Å². The first-order valence-corrected chi connectivity index (χ1v) is 10.7. The number of carbonyl (C=O) groups is 2. The number of piperidine rings is 1. The van der Waals surface area contributed by atoms with Crippen molar-refractivity contribution in [3.8, 4) is 0 Å². The largest absolute Gasteiger partial charge is 0.466 e. The molecule has 0 bridgehead atoms. The number of ether oxygens (including phenoxy) is 1. The van der Waals surface area contributed by atoms with E-state index in [1.165, 1.54) is 12.1 Å². The molecule has 0 N–H and O–H groups in total. The standard InChI is InChI=1S/C25H24F2N2O3/c1-2-32-24(31)25(14-18-8-9-20(26)13-21(18)27)10-5-11-29(16-25)23(30)22-12-17-6-3-4-7-19(17)15-28-22/h3-4,6-9,12-13,15H,2,5,10-11,14,16H2,1H3. The van der Waals surface area contributed by atoms with Crippen LogP contribution in [0, 0.1) is 17.0 Å². The number of fused-ring (bicyclic) bond motifs is 1. The highest BCUT2D eigenvalue weighted by Gasteiger charge is 2.45. The lowest BCUT2D eigenvalue weighted by Gasteiger charge is -2.41. The highest BCUT2D eigenvalue weighted by atomic mass is 19.1. The van der Waals surface area contributed by atoms with E-state index in [1.54, 1.807) is 24.1 Å². The molecule has 32 heavy (non-hydrogen) atoms. The molecule has 1 aromatic heterocycles. The molecule has 1 fully saturated rings. The van der Waals surface area contributed by atoms with Crippen molar-refractivity contribution in [3.05, 3.63) is 77.6 Å². The molecule has 1 unspecified atom stereocenters. The van der Waals surface area contributed by atoms with Gasteiger partial charge in [-0.2, -0.15) is 0 Å². The molecule has 0 saturated carbocycles. The summed E-state index contributed by atoms with van der Waals surface area (Å²) in [5.74, 6) is -2.16. The second-order valence-corrected chi connectivity index (χ2v) is 8.16. The van der Waals surface area contributed by atoms with E-state index in [9.17, 15) is 18.4 Å². The van der Waals surface area contributed by atoms with Crippen LogP contribution in [0.15, 0.2) is 54.7 Å². The van der Waals surface area contributed by atoms with Crippen molar-refractivity contribution < 1.29 is 23.1 Å². The maximum Gasteiger partial charge on any atom is 0.314 e. The Morgan fingerprint density at radius 3 is 2.66 bits per heavy atom. The van der Waals surface area contributed by atoms with Gasteiger partial charge in [-0.05, 0) is 49.3 Å². The minimum absolute atomic E-state index is 0.0207. The van der Waals surface area contributed by atoms with Gasteiger partial charge >= 0.3 is 5.97 Å². The van der Waals surface area contributed by atoms with Crippen LogP contribution in [0.2, 0.25) is 0 Å². The fraction of sp³-hybridized carbons (Fsp3) is 0.320. The number of esters is 1. The first-order valence-electron chi connectivity index (χ1n) is 10.7.